The van der Waals surface area contributed by atoms with Gasteiger partial charge < -0.3 is 34.1 Å². The molecule has 0 aliphatic carbocycles. The average Bonchev–Trinajstić information content (AvgIpc) is 3.58. The van der Waals surface area contributed by atoms with E-state index < -0.39 is 18.1 Å². The van der Waals surface area contributed by atoms with Crippen LogP contribution in [-0.2, 0) is 14.3 Å². The third-order valence-electron chi connectivity index (χ3n) is 6.26. The van der Waals surface area contributed by atoms with E-state index in [0.29, 0.717) is 35.9 Å². The number of hydrogen-bond donors (Lipinski definition) is 1. The van der Waals surface area contributed by atoms with E-state index in [4.69, 9.17) is 24.7 Å². The summed E-state index contributed by atoms with van der Waals surface area (Å²) < 4.78 is 23.6. The van der Waals surface area contributed by atoms with Gasteiger partial charge >= 0.3 is 5.97 Å². The summed E-state index contributed by atoms with van der Waals surface area (Å²) in [5, 5.41) is 0. The molecule has 1 saturated heterocycles. The van der Waals surface area contributed by atoms with Crippen molar-refractivity contribution in [1.82, 2.24) is 14.5 Å². The van der Waals surface area contributed by atoms with Gasteiger partial charge in [0, 0.05) is 18.7 Å². The molecule has 3 atom stereocenters. The number of hydrogen-bond acceptors (Lipinski definition) is 8. The van der Waals surface area contributed by atoms with Crippen LogP contribution in [0.3, 0.4) is 0 Å². The number of benzene rings is 1. The van der Waals surface area contributed by atoms with Crippen molar-refractivity contribution in [3.05, 3.63) is 30.7 Å². The number of carbonyl (C=O) groups excluding carboxylic acids is 2. The van der Waals surface area contributed by atoms with Gasteiger partial charge in [-0.15, -0.1) is 0 Å². The molecule has 1 aromatic carbocycles. The number of unbranched alkanes of at least 4 members (excludes halogenated alkanes) is 3. The van der Waals surface area contributed by atoms with E-state index in [2.05, 4.69) is 11.9 Å². The Balaban J connectivity index is 1.51. The van der Waals surface area contributed by atoms with Crippen molar-refractivity contribution in [3.8, 4) is 17.2 Å². The minimum absolute atomic E-state index is 0.166. The largest absolute Gasteiger partial charge is 0.488 e. The Morgan fingerprint density at radius 2 is 2.06 bits per heavy atom. The molecule has 2 aliphatic heterocycles. The van der Waals surface area contributed by atoms with Crippen molar-refractivity contribution >= 4 is 17.7 Å². The van der Waals surface area contributed by atoms with Gasteiger partial charge in [0.05, 0.1) is 20.0 Å². The zero-order valence-corrected chi connectivity index (χ0v) is 19.6. The Hall–Kier alpha value is -3.43. The van der Waals surface area contributed by atoms with Crippen LogP contribution in [0.15, 0.2) is 30.7 Å². The molecule has 1 fully saturated rings. The lowest BCUT2D eigenvalue weighted by Crippen LogP contribution is -2.44. The fourth-order valence-electron chi connectivity index (χ4n) is 4.51. The normalized spacial score (nSPS) is 19.8. The van der Waals surface area contributed by atoms with Crippen molar-refractivity contribution in [2.24, 2.45) is 0 Å². The fourth-order valence-corrected chi connectivity index (χ4v) is 4.51. The molecule has 0 bridgehead atoms. The van der Waals surface area contributed by atoms with Crippen LogP contribution in [0.4, 0.5) is 5.82 Å². The number of methoxy groups -OCH3 is 1. The molecule has 2 aromatic rings. The average molecular weight is 473 g/mol. The van der Waals surface area contributed by atoms with Crippen LogP contribution in [0, 0.1) is 0 Å². The molecular weight excluding hydrogens is 440 g/mol. The van der Waals surface area contributed by atoms with Gasteiger partial charge in [0.15, 0.2) is 11.5 Å². The smallest absolute Gasteiger partial charge is 0.328 e. The summed E-state index contributed by atoms with van der Waals surface area (Å²) in [7, 11) is 1.33. The molecule has 0 spiro atoms. The van der Waals surface area contributed by atoms with Crippen LogP contribution < -0.4 is 19.9 Å². The molecule has 10 nitrogen and oxygen atoms in total. The Labute approximate surface area is 198 Å². The number of esters is 1. The first-order valence-electron chi connectivity index (χ1n) is 11.7. The zero-order chi connectivity index (χ0) is 24.1. The maximum atomic E-state index is 13.7. The van der Waals surface area contributed by atoms with Gasteiger partial charge in [0.1, 0.15) is 29.8 Å². The Morgan fingerprint density at radius 1 is 1.24 bits per heavy atom. The second-order valence-electron chi connectivity index (χ2n) is 8.63. The molecule has 1 aromatic heterocycles. The zero-order valence-electron chi connectivity index (χ0n) is 19.6. The van der Waals surface area contributed by atoms with Gasteiger partial charge in [0.2, 0.25) is 12.7 Å². The molecule has 4 rings (SSSR count). The first kappa shape index (κ1) is 23.7. The van der Waals surface area contributed by atoms with Crippen LogP contribution in [0.1, 0.15) is 51.5 Å². The second kappa shape index (κ2) is 10.7. The Bertz CT molecular complexity index is 1010. The highest BCUT2D eigenvalue weighted by molar-refractivity contribution is 5.87. The minimum Gasteiger partial charge on any atom is -0.488 e. The third kappa shape index (κ3) is 5.21. The minimum atomic E-state index is -0.726. The summed E-state index contributed by atoms with van der Waals surface area (Å²) in [6.07, 6.45) is 7.94. The second-order valence-corrected chi connectivity index (χ2v) is 8.63. The molecule has 184 valence electrons. The standard InChI is InChI=1S/C24H32N4O6/c1-3-4-5-6-7-18(27-13-22(25)26-14-27)23(29)28-12-17(10-19(28)24(30)31-2)34-16-8-9-20-21(11-16)33-15-32-20/h8-9,11,13-14,17-19H,3-7,10,12,15,25H2,1-2H3/t17-,18+,19-/m0/s1. The predicted molar refractivity (Wildman–Crippen MR) is 124 cm³/mol. The number of aromatic nitrogens is 2. The van der Waals surface area contributed by atoms with Gasteiger partial charge in [-0.3, -0.25) is 4.79 Å². The van der Waals surface area contributed by atoms with Crippen molar-refractivity contribution < 1.29 is 28.5 Å². The van der Waals surface area contributed by atoms with Crippen molar-refractivity contribution in [2.75, 3.05) is 26.2 Å². The number of nitrogen functional groups attached to an aromatic ring is 1. The van der Waals surface area contributed by atoms with E-state index in [9.17, 15) is 9.59 Å². The number of amides is 1. The lowest BCUT2D eigenvalue weighted by atomic mass is 10.1. The molecule has 34 heavy (non-hydrogen) atoms. The highest BCUT2D eigenvalue weighted by Crippen LogP contribution is 2.36. The fraction of sp³-hybridized carbons (Fsp3) is 0.542. The molecule has 0 unspecified atom stereocenters. The van der Waals surface area contributed by atoms with E-state index in [0.717, 1.165) is 25.7 Å². The van der Waals surface area contributed by atoms with Crippen molar-refractivity contribution in [1.29, 1.82) is 0 Å². The van der Waals surface area contributed by atoms with Gasteiger partial charge in [-0.05, 0) is 18.6 Å². The number of ether oxygens (including phenoxy) is 4. The topological polar surface area (TPSA) is 118 Å². The van der Waals surface area contributed by atoms with Gasteiger partial charge in [0.25, 0.3) is 0 Å². The number of fused-ring (bicyclic) bond motifs is 1. The SMILES string of the molecule is CCCCCC[C@H](C(=O)N1C[C@@H](Oc2ccc3c(c2)OCO3)C[C@H]1C(=O)OC)n1cnc(N)c1. The van der Waals surface area contributed by atoms with Crippen LogP contribution in [-0.4, -0.2) is 58.9 Å². The van der Waals surface area contributed by atoms with Crippen molar-refractivity contribution in [3.63, 3.8) is 0 Å². The van der Waals surface area contributed by atoms with Gasteiger partial charge in [-0.2, -0.15) is 0 Å². The number of rotatable bonds is 10. The first-order chi connectivity index (χ1) is 16.5. The number of nitrogens with two attached hydrogens (primary N) is 1. The summed E-state index contributed by atoms with van der Waals surface area (Å²) in [5.74, 6) is 1.58. The molecule has 2 aliphatic rings. The number of imidazole rings is 1. The number of carbonyl (C=O) groups is 2. The van der Waals surface area contributed by atoms with Crippen molar-refractivity contribution in [2.45, 2.75) is 63.6 Å². The number of anilines is 1. The molecule has 3 heterocycles. The quantitative estimate of drug-likeness (QED) is 0.414. The lowest BCUT2D eigenvalue weighted by molar-refractivity contribution is -0.152. The van der Waals surface area contributed by atoms with E-state index in [1.807, 2.05) is 0 Å². The maximum Gasteiger partial charge on any atom is 0.328 e. The summed E-state index contributed by atoms with van der Waals surface area (Å²) >= 11 is 0. The predicted octanol–water partition coefficient (Wildman–Crippen LogP) is 2.93. The van der Waals surface area contributed by atoms with Crippen LogP contribution in [0.5, 0.6) is 17.2 Å². The summed E-state index contributed by atoms with van der Waals surface area (Å²) in [6.45, 7) is 2.58. The molecule has 2 N–H and O–H groups in total. The third-order valence-corrected chi connectivity index (χ3v) is 6.26. The first-order valence-corrected chi connectivity index (χ1v) is 11.7. The van der Waals surface area contributed by atoms with E-state index in [1.54, 1.807) is 40.2 Å². The summed E-state index contributed by atoms with van der Waals surface area (Å²) in [6, 6.07) is 4.10. The summed E-state index contributed by atoms with van der Waals surface area (Å²) in [4.78, 5) is 32.0. The molecule has 0 saturated carbocycles. The van der Waals surface area contributed by atoms with E-state index in [1.165, 1.54) is 7.11 Å². The van der Waals surface area contributed by atoms with E-state index >= 15 is 0 Å². The molecular formula is C24H32N4O6. The van der Waals surface area contributed by atoms with Gasteiger partial charge in [-0.1, -0.05) is 32.6 Å². The molecule has 1 amide bonds. The van der Waals surface area contributed by atoms with Crippen LogP contribution in [0.25, 0.3) is 0 Å². The van der Waals surface area contributed by atoms with Gasteiger partial charge in [-0.25, -0.2) is 9.78 Å². The maximum absolute atomic E-state index is 13.7. The Kier molecular flexibility index (Phi) is 7.44. The lowest BCUT2D eigenvalue weighted by Gasteiger charge is -2.28. The number of nitrogens with zero attached hydrogens (tertiary/aromatic N) is 3. The van der Waals surface area contributed by atoms with Crippen LogP contribution in [0.2, 0.25) is 0 Å². The van der Waals surface area contributed by atoms with Crippen LogP contribution >= 0.6 is 0 Å². The summed E-state index contributed by atoms with van der Waals surface area (Å²) in [5.41, 5.74) is 5.82. The Morgan fingerprint density at radius 3 is 2.79 bits per heavy atom. The van der Waals surface area contributed by atoms with E-state index in [-0.39, 0.29) is 25.3 Å². The monoisotopic (exact) mass is 472 g/mol. The molecule has 0 radical (unpaired) electrons. The highest BCUT2D eigenvalue weighted by Gasteiger charge is 2.43. The molecule has 10 heteroatoms. The number of likely N-dealkylation sites (tertiary alicyclic amines) is 1. The highest BCUT2D eigenvalue weighted by atomic mass is 16.7.